The van der Waals surface area contributed by atoms with Gasteiger partial charge in [-0.15, -0.1) is 0 Å². The number of carbonyl (C=O) groups is 2. The van der Waals surface area contributed by atoms with Crippen LogP contribution in [0, 0.1) is 5.82 Å². The minimum Gasteiger partial charge on any atom is -0.507 e. The monoisotopic (exact) mass is 460 g/mol. The summed E-state index contributed by atoms with van der Waals surface area (Å²) in [6.07, 6.45) is 0. The van der Waals surface area contributed by atoms with Gasteiger partial charge < -0.3 is 19.8 Å². The number of aromatic hydroxyl groups is 1. The first-order chi connectivity index (χ1) is 15.4. The summed E-state index contributed by atoms with van der Waals surface area (Å²) >= 11 is 6.00. The van der Waals surface area contributed by atoms with Crippen LogP contribution in [0.4, 0.5) is 4.39 Å². The quantitative estimate of drug-likeness (QED) is 0.405. The van der Waals surface area contributed by atoms with Gasteiger partial charge in [-0.2, -0.15) is 0 Å². The average Bonchev–Trinajstić information content (AvgIpc) is 3.04. The molecule has 0 saturated carbocycles. The highest BCUT2D eigenvalue weighted by Crippen LogP contribution is 2.41. The van der Waals surface area contributed by atoms with Gasteiger partial charge in [-0.05, 0) is 35.9 Å². The van der Waals surface area contributed by atoms with Crippen LogP contribution in [0.5, 0.6) is 5.75 Å². The number of aliphatic hydroxyl groups excluding tert-OH is 1. The first-order valence-electron chi connectivity index (χ1n) is 10.2. The Hall–Kier alpha value is -2.94. The summed E-state index contributed by atoms with van der Waals surface area (Å²) in [7, 11) is 0. The Balaban J connectivity index is 1.78. The summed E-state index contributed by atoms with van der Waals surface area (Å²) in [6, 6.07) is 8.55. The summed E-state index contributed by atoms with van der Waals surface area (Å²) < 4.78 is 19.4. The summed E-state index contributed by atoms with van der Waals surface area (Å²) in [6.45, 7) is 3.25. The molecule has 1 amide bonds. The van der Waals surface area contributed by atoms with Crippen molar-refractivity contribution >= 4 is 29.1 Å². The molecule has 0 aromatic heterocycles. The second-order valence-corrected chi connectivity index (χ2v) is 8.10. The number of Topliss-reactive ketones (excluding diaryl/α,β-unsaturated/α-hetero) is 1. The van der Waals surface area contributed by atoms with E-state index >= 15 is 0 Å². The number of ether oxygens (including phenoxy) is 1. The maximum absolute atomic E-state index is 14.0. The van der Waals surface area contributed by atoms with E-state index in [0.29, 0.717) is 38.4 Å². The molecule has 0 unspecified atom stereocenters. The zero-order valence-electron chi connectivity index (χ0n) is 17.1. The second kappa shape index (κ2) is 9.28. The van der Waals surface area contributed by atoms with E-state index in [1.807, 2.05) is 0 Å². The standard InChI is InChI=1S/C23H22ClFN2O5/c24-15-4-5-18(28)17(13-15)21(29)19-20(14-2-1-3-16(25)12-14)27(23(31)22(19)30)7-6-26-8-10-32-11-9-26/h1-5,12-13,20,28-29H,6-11H2/t20-/m1/s1. The molecule has 2 aliphatic heterocycles. The van der Waals surface area contributed by atoms with Crippen LogP contribution in [0.1, 0.15) is 17.2 Å². The highest BCUT2D eigenvalue weighted by molar-refractivity contribution is 6.46. The number of benzene rings is 2. The number of amides is 1. The number of morpholine rings is 1. The number of halogens is 2. The number of hydrogen-bond donors (Lipinski definition) is 2. The molecule has 0 radical (unpaired) electrons. The van der Waals surface area contributed by atoms with Gasteiger partial charge in [0.15, 0.2) is 0 Å². The normalized spacial score (nSPS) is 21.3. The van der Waals surface area contributed by atoms with Gasteiger partial charge in [-0.3, -0.25) is 14.5 Å². The maximum Gasteiger partial charge on any atom is 0.295 e. The number of rotatable bonds is 5. The number of ketones is 1. The highest BCUT2D eigenvalue weighted by Gasteiger charge is 2.46. The van der Waals surface area contributed by atoms with E-state index in [0.717, 1.165) is 0 Å². The highest BCUT2D eigenvalue weighted by atomic mass is 35.5. The molecule has 1 atom stereocenters. The molecule has 2 fully saturated rings. The first kappa shape index (κ1) is 22.3. The van der Waals surface area contributed by atoms with Crippen LogP contribution in [0.15, 0.2) is 48.0 Å². The zero-order valence-corrected chi connectivity index (χ0v) is 17.9. The van der Waals surface area contributed by atoms with Crippen LogP contribution in [0.2, 0.25) is 5.02 Å². The molecule has 2 aromatic rings. The van der Waals surface area contributed by atoms with Crippen molar-refractivity contribution in [1.82, 2.24) is 9.80 Å². The van der Waals surface area contributed by atoms with E-state index in [2.05, 4.69) is 4.90 Å². The average molecular weight is 461 g/mol. The molecular formula is C23H22ClFN2O5. The van der Waals surface area contributed by atoms with Crippen LogP contribution in [0.25, 0.3) is 5.76 Å². The van der Waals surface area contributed by atoms with E-state index in [4.69, 9.17) is 16.3 Å². The molecule has 0 bridgehead atoms. The van der Waals surface area contributed by atoms with Gasteiger partial charge in [0, 0.05) is 31.2 Å². The van der Waals surface area contributed by atoms with Crippen LogP contribution < -0.4 is 0 Å². The lowest BCUT2D eigenvalue weighted by molar-refractivity contribution is -0.140. The zero-order chi connectivity index (χ0) is 22.8. The Kier molecular flexibility index (Phi) is 6.45. The number of phenols is 1. The maximum atomic E-state index is 14.0. The van der Waals surface area contributed by atoms with Crippen molar-refractivity contribution in [3.05, 3.63) is 70.0 Å². The minimum absolute atomic E-state index is 0.0786. The topological polar surface area (TPSA) is 90.3 Å². The Morgan fingerprint density at radius 1 is 1.12 bits per heavy atom. The number of likely N-dealkylation sites (tertiary alicyclic amines) is 1. The smallest absolute Gasteiger partial charge is 0.295 e. The van der Waals surface area contributed by atoms with Crippen LogP contribution in [0.3, 0.4) is 0 Å². The Morgan fingerprint density at radius 3 is 2.59 bits per heavy atom. The Morgan fingerprint density at radius 2 is 1.88 bits per heavy atom. The van der Waals surface area contributed by atoms with E-state index < -0.39 is 29.3 Å². The molecule has 2 aliphatic rings. The molecule has 4 rings (SSSR count). The summed E-state index contributed by atoms with van der Waals surface area (Å²) in [5, 5.41) is 21.4. The third-order valence-electron chi connectivity index (χ3n) is 5.68. The van der Waals surface area contributed by atoms with Gasteiger partial charge in [0.05, 0.1) is 30.4 Å². The fourth-order valence-corrected chi connectivity index (χ4v) is 4.22. The Labute approximate surface area is 189 Å². The van der Waals surface area contributed by atoms with Crippen molar-refractivity contribution in [2.75, 3.05) is 39.4 Å². The van der Waals surface area contributed by atoms with E-state index in [1.54, 1.807) is 6.07 Å². The molecule has 2 aromatic carbocycles. The third kappa shape index (κ3) is 4.34. The Bertz CT molecular complexity index is 1080. The molecular weight excluding hydrogens is 439 g/mol. The molecule has 9 heteroatoms. The van der Waals surface area contributed by atoms with Gasteiger partial charge in [-0.25, -0.2) is 4.39 Å². The number of phenolic OH excluding ortho intramolecular Hbond substituents is 1. The molecule has 2 N–H and O–H groups in total. The molecule has 2 heterocycles. The van der Waals surface area contributed by atoms with Crippen LogP contribution >= 0.6 is 11.6 Å². The summed E-state index contributed by atoms with van der Waals surface area (Å²) in [5.41, 5.74) is 0.0412. The summed E-state index contributed by atoms with van der Waals surface area (Å²) in [4.78, 5) is 29.4. The predicted molar refractivity (Wildman–Crippen MR) is 116 cm³/mol. The second-order valence-electron chi connectivity index (χ2n) is 7.66. The number of aliphatic hydroxyl groups is 1. The molecule has 2 saturated heterocycles. The van der Waals surface area contributed by atoms with Gasteiger partial charge in [-0.1, -0.05) is 23.7 Å². The molecule has 32 heavy (non-hydrogen) atoms. The fourth-order valence-electron chi connectivity index (χ4n) is 4.05. The van der Waals surface area contributed by atoms with Gasteiger partial charge >= 0.3 is 0 Å². The summed E-state index contributed by atoms with van der Waals surface area (Å²) in [5.74, 6) is -3.10. The lowest BCUT2D eigenvalue weighted by Gasteiger charge is -2.31. The number of nitrogens with zero attached hydrogens (tertiary/aromatic N) is 2. The third-order valence-corrected chi connectivity index (χ3v) is 5.91. The molecule has 0 aliphatic carbocycles. The van der Waals surface area contributed by atoms with Crippen LogP contribution in [-0.4, -0.2) is 71.1 Å². The van der Waals surface area contributed by atoms with Gasteiger partial charge in [0.2, 0.25) is 0 Å². The van der Waals surface area contributed by atoms with Gasteiger partial charge in [0.1, 0.15) is 17.3 Å². The first-order valence-corrected chi connectivity index (χ1v) is 10.6. The number of hydrogen-bond acceptors (Lipinski definition) is 6. The minimum atomic E-state index is -1.01. The molecule has 7 nitrogen and oxygen atoms in total. The van der Waals surface area contributed by atoms with E-state index in [-0.39, 0.29) is 28.5 Å². The van der Waals surface area contributed by atoms with E-state index in [1.165, 1.54) is 41.3 Å². The van der Waals surface area contributed by atoms with Crippen molar-refractivity contribution in [3.63, 3.8) is 0 Å². The van der Waals surface area contributed by atoms with Crippen molar-refractivity contribution in [2.24, 2.45) is 0 Å². The lowest BCUT2D eigenvalue weighted by atomic mass is 9.95. The van der Waals surface area contributed by atoms with Crippen molar-refractivity contribution in [1.29, 1.82) is 0 Å². The molecule has 168 valence electrons. The SMILES string of the molecule is O=C1C(=O)N(CCN2CCOCC2)[C@H](c2cccc(F)c2)C1=C(O)c1cc(Cl)ccc1O. The number of carbonyl (C=O) groups excluding carboxylic acids is 2. The van der Waals surface area contributed by atoms with E-state index in [9.17, 15) is 24.2 Å². The fraction of sp³-hybridized carbons (Fsp3) is 0.304. The molecule has 0 spiro atoms. The van der Waals surface area contributed by atoms with Gasteiger partial charge in [0.25, 0.3) is 11.7 Å². The predicted octanol–water partition coefficient (Wildman–Crippen LogP) is 2.94. The largest absolute Gasteiger partial charge is 0.507 e. The van der Waals surface area contributed by atoms with Crippen LogP contribution in [-0.2, 0) is 14.3 Å². The lowest BCUT2D eigenvalue weighted by Crippen LogP contribution is -2.42. The van der Waals surface area contributed by atoms with Crippen molar-refractivity contribution < 1.29 is 28.9 Å². The van der Waals surface area contributed by atoms with Crippen molar-refractivity contribution in [2.45, 2.75) is 6.04 Å². The van der Waals surface area contributed by atoms with Crippen molar-refractivity contribution in [3.8, 4) is 5.75 Å².